The van der Waals surface area contributed by atoms with E-state index in [9.17, 15) is 9.59 Å². The molecule has 2 aromatic rings. The van der Waals surface area contributed by atoms with Crippen LogP contribution in [-0.2, 0) is 16.1 Å². The van der Waals surface area contributed by atoms with E-state index in [1.54, 1.807) is 19.3 Å². The van der Waals surface area contributed by atoms with Gasteiger partial charge in [-0.3, -0.25) is 15.1 Å². The number of pyridine rings is 1. The molecule has 146 valence electrons. The molecule has 0 saturated heterocycles. The van der Waals surface area contributed by atoms with E-state index < -0.39 is 6.03 Å². The van der Waals surface area contributed by atoms with E-state index in [1.165, 1.54) is 11.8 Å². The van der Waals surface area contributed by atoms with Crippen LogP contribution >= 0.6 is 11.8 Å². The van der Waals surface area contributed by atoms with E-state index in [-0.39, 0.29) is 11.7 Å². The molecule has 2 rings (SSSR count). The highest BCUT2D eigenvalue weighted by molar-refractivity contribution is 7.99. The molecule has 27 heavy (non-hydrogen) atoms. The first kappa shape index (κ1) is 20.8. The number of thioether (sulfide) groups is 1. The van der Waals surface area contributed by atoms with Crippen LogP contribution in [0.25, 0.3) is 11.4 Å². The molecular formula is C17H24N6O3S. The fourth-order valence-electron chi connectivity index (χ4n) is 2.28. The van der Waals surface area contributed by atoms with Crippen molar-refractivity contribution in [3.8, 4) is 11.4 Å². The summed E-state index contributed by atoms with van der Waals surface area (Å²) in [4.78, 5) is 27.4. The number of carbonyl (C=O) groups excluding carboxylic acids is 2. The van der Waals surface area contributed by atoms with Gasteiger partial charge in [-0.1, -0.05) is 11.8 Å². The summed E-state index contributed by atoms with van der Waals surface area (Å²) in [5, 5.41) is 13.9. The minimum Gasteiger partial charge on any atom is -0.382 e. The van der Waals surface area contributed by atoms with E-state index in [2.05, 4.69) is 25.8 Å². The molecule has 0 radical (unpaired) electrons. The number of aromatic nitrogens is 4. The van der Waals surface area contributed by atoms with E-state index in [0.717, 1.165) is 12.0 Å². The number of carbonyl (C=O) groups is 2. The van der Waals surface area contributed by atoms with Gasteiger partial charge in [-0.15, -0.1) is 10.2 Å². The third-order valence-electron chi connectivity index (χ3n) is 3.45. The molecule has 0 bridgehead atoms. The third kappa shape index (κ3) is 6.65. The average Bonchev–Trinajstić information content (AvgIpc) is 3.07. The van der Waals surface area contributed by atoms with Crippen LogP contribution < -0.4 is 10.6 Å². The Morgan fingerprint density at radius 1 is 1.22 bits per heavy atom. The molecule has 3 amide bonds. The summed E-state index contributed by atoms with van der Waals surface area (Å²) in [5.74, 6) is 0.387. The molecule has 0 aliphatic carbocycles. The Bertz CT molecular complexity index is 738. The molecule has 0 aromatic carbocycles. The molecule has 0 saturated carbocycles. The van der Waals surface area contributed by atoms with Gasteiger partial charge >= 0.3 is 6.03 Å². The SMILES string of the molecule is CCNC(=O)NC(=O)CSc1nnc(-c2ccncc2)n1CCCOCC. The first-order chi connectivity index (χ1) is 13.2. The Kier molecular flexibility index (Phi) is 8.72. The summed E-state index contributed by atoms with van der Waals surface area (Å²) >= 11 is 1.24. The van der Waals surface area contributed by atoms with E-state index in [0.29, 0.717) is 37.3 Å². The van der Waals surface area contributed by atoms with Crippen LogP contribution in [0.3, 0.4) is 0 Å². The molecule has 0 aliphatic heterocycles. The van der Waals surface area contributed by atoms with Crippen LogP contribution in [0.1, 0.15) is 20.3 Å². The number of ether oxygens (including phenoxy) is 1. The zero-order valence-electron chi connectivity index (χ0n) is 15.5. The Hall–Kier alpha value is -2.46. The van der Waals surface area contributed by atoms with Gasteiger partial charge < -0.3 is 14.6 Å². The third-order valence-corrected chi connectivity index (χ3v) is 4.42. The minimum atomic E-state index is -0.501. The Morgan fingerprint density at radius 3 is 2.70 bits per heavy atom. The average molecular weight is 392 g/mol. The van der Waals surface area contributed by atoms with Crippen LogP contribution in [0.2, 0.25) is 0 Å². The summed E-state index contributed by atoms with van der Waals surface area (Å²) in [7, 11) is 0. The summed E-state index contributed by atoms with van der Waals surface area (Å²) in [6, 6.07) is 3.22. The lowest BCUT2D eigenvalue weighted by molar-refractivity contribution is -0.117. The van der Waals surface area contributed by atoms with Crippen molar-refractivity contribution in [2.24, 2.45) is 0 Å². The predicted octanol–water partition coefficient (Wildman–Crippen LogP) is 1.70. The van der Waals surface area contributed by atoms with Gasteiger partial charge in [-0.05, 0) is 32.4 Å². The van der Waals surface area contributed by atoms with Crippen molar-refractivity contribution in [3.63, 3.8) is 0 Å². The molecule has 2 aromatic heterocycles. The number of urea groups is 1. The minimum absolute atomic E-state index is 0.0665. The summed E-state index contributed by atoms with van der Waals surface area (Å²) in [6.45, 7) is 6.15. The standard InChI is InChI=1S/C17H24N6O3S/c1-3-19-16(25)20-14(24)12-27-17-22-21-15(13-6-8-18-9-7-13)23(17)10-5-11-26-4-2/h6-9H,3-5,10-12H2,1-2H3,(H2,19,20,24,25). The highest BCUT2D eigenvalue weighted by Gasteiger charge is 2.16. The van der Waals surface area contributed by atoms with Crippen molar-refractivity contribution in [2.45, 2.75) is 32.0 Å². The summed E-state index contributed by atoms with van der Waals surface area (Å²) in [5.41, 5.74) is 0.896. The second-order valence-corrected chi connectivity index (χ2v) is 6.38. The molecule has 0 atom stereocenters. The highest BCUT2D eigenvalue weighted by Crippen LogP contribution is 2.23. The fraction of sp³-hybridized carbons (Fsp3) is 0.471. The van der Waals surface area contributed by atoms with Crippen LogP contribution in [0, 0.1) is 0 Å². The van der Waals surface area contributed by atoms with Crippen molar-refractivity contribution >= 4 is 23.7 Å². The molecule has 2 heterocycles. The number of rotatable bonds is 10. The molecular weight excluding hydrogens is 368 g/mol. The maximum atomic E-state index is 11.9. The van der Waals surface area contributed by atoms with Crippen molar-refractivity contribution in [2.75, 3.05) is 25.5 Å². The highest BCUT2D eigenvalue weighted by atomic mass is 32.2. The van der Waals surface area contributed by atoms with Crippen LogP contribution in [0.15, 0.2) is 29.7 Å². The summed E-state index contributed by atoms with van der Waals surface area (Å²) < 4.78 is 7.36. The molecule has 10 heteroatoms. The first-order valence-corrected chi connectivity index (χ1v) is 9.76. The Balaban J connectivity index is 2.07. The molecule has 0 fully saturated rings. The molecule has 9 nitrogen and oxygen atoms in total. The normalized spacial score (nSPS) is 10.6. The Morgan fingerprint density at radius 2 is 2.00 bits per heavy atom. The van der Waals surface area contributed by atoms with Crippen molar-refractivity contribution in [1.82, 2.24) is 30.4 Å². The fourth-order valence-corrected chi connectivity index (χ4v) is 3.04. The van der Waals surface area contributed by atoms with E-state index in [1.807, 2.05) is 23.6 Å². The zero-order valence-corrected chi connectivity index (χ0v) is 16.3. The number of amides is 3. The van der Waals surface area contributed by atoms with Gasteiger partial charge in [-0.2, -0.15) is 0 Å². The van der Waals surface area contributed by atoms with Crippen molar-refractivity contribution < 1.29 is 14.3 Å². The van der Waals surface area contributed by atoms with Gasteiger partial charge in [0.1, 0.15) is 0 Å². The van der Waals surface area contributed by atoms with Crippen LogP contribution in [0.4, 0.5) is 4.79 Å². The largest absolute Gasteiger partial charge is 0.382 e. The number of imide groups is 1. The Labute approximate surface area is 162 Å². The van der Waals surface area contributed by atoms with Gasteiger partial charge in [0.05, 0.1) is 5.75 Å². The monoisotopic (exact) mass is 392 g/mol. The van der Waals surface area contributed by atoms with Crippen LogP contribution in [-0.4, -0.2) is 57.2 Å². The predicted molar refractivity (Wildman–Crippen MR) is 102 cm³/mol. The first-order valence-electron chi connectivity index (χ1n) is 8.77. The maximum absolute atomic E-state index is 11.9. The lowest BCUT2D eigenvalue weighted by Gasteiger charge is -2.10. The molecule has 0 unspecified atom stereocenters. The number of hydrogen-bond donors (Lipinski definition) is 2. The van der Waals surface area contributed by atoms with Gasteiger partial charge in [-0.25, -0.2) is 4.79 Å². The van der Waals surface area contributed by atoms with Gasteiger partial charge in [0, 0.05) is 44.3 Å². The lowest BCUT2D eigenvalue weighted by Crippen LogP contribution is -2.40. The summed E-state index contributed by atoms with van der Waals surface area (Å²) in [6.07, 6.45) is 4.19. The second-order valence-electron chi connectivity index (χ2n) is 5.44. The molecule has 2 N–H and O–H groups in total. The van der Waals surface area contributed by atoms with Crippen LogP contribution in [0.5, 0.6) is 0 Å². The smallest absolute Gasteiger partial charge is 0.321 e. The van der Waals surface area contributed by atoms with Gasteiger partial charge in [0.15, 0.2) is 11.0 Å². The van der Waals surface area contributed by atoms with E-state index >= 15 is 0 Å². The van der Waals surface area contributed by atoms with Crippen molar-refractivity contribution in [3.05, 3.63) is 24.5 Å². The quantitative estimate of drug-likeness (QED) is 0.468. The van der Waals surface area contributed by atoms with Gasteiger partial charge in [0.2, 0.25) is 5.91 Å². The molecule has 0 aliphatic rings. The van der Waals surface area contributed by atoms with Gasteiger partial charge in [0.25, 0.3) is 0 Å². The number of nitrogens with zero attached hydrogens (tertiary/aromatic N) is 4. The zero-order chi connectivity index (χ0) is 19.5. The topological polar surface area (TPSA) is 111 Å². The van der Waals surface area contributed by atoms with E-state index in [4.69, 9.17) is 4.74 Å². The second kappa shape index (κ2) is 11.3. The lowest BCUT2D eigenvalue weighted by atomic mass is 10.2. The number of nitrogens with one attached hydrogen (secondary N) is 2. The maximum Gasteiger partial charge on any atom is 0.321 e. The van der Waals surface area contributed by atoms with Crippen molar-refractivity contribution in [1.29, 1.82) is 0 Å². The number of hydrogen-bond acceptors (Lipinski definition) is 7. The molecule has 0 spiro atoms.